The van der Waals surface area contributed by atoms with Crippen molar-refractivity contribution in [1.29, 1.82) is 0 Å². The van der Waals surface area contributed by atoms with Gasteiger partial charge in [-0.05, 0) is 56.0 Å². The maximum atomic E-state index is 13.3. The Morgan fingerprint density at radius 2 is 1.72 bits per heavy atom. The third kappa shape index (κ3) is 7.09. The molecule has 1 fully saturated rings. The van der Waals surface area contributed by atoms with Crippen molar-refractivity contribution in [3.05, 3.63) is 64.1 Å². The molecule has 0 saturated heterocycles. The van der Waals surface area contributed by atoms with Crippen LogP contribution in [-0.2, 0) is 16.1 Å². The summed E-state index contributed by atoms with van der Waals surface area (Å²) >= 11 is 3.40. The highest BCUT2D eigenvalue weighted by Gasteiger charge is 2.30. The van der Waals surface area contributed by atoms with Gasteiger partial charge in [-0.3, -0.25) is 9.59 Å². The van der Waals surface area contributed by atoms with Crippen LogP contribution in [0.5, 0.6) is 5.75 Å². The Labute approximate surface area is 199 Å². The molecule has 5 nitrogen and oxygen atoms in total. The fourth-order valence-electron chi connectivity index (χ4n) is 4.11. The SMILES string of the molecule is CC[C@H](C(=O)NC1CCCCC1)N(Cc1ccc(C)cc1)C(=O)COc1ccc(Br)cc1. The minimum atomic E-state index is -0.528. The summed E-state index contributed by atoms with van der Waals surface area (Å²) < 4.78 is 6.69. The summed E-state index contributed by atoms with van der Waals surface area (Å²) in [6.07, 6.45) is 6.11. The lowest BCUT2D eigenvalue weighted by Crippen LogP contribution is -2.52. The highest BCUT2D eigenvalue weighted by Crippen LogP contribution is 2.20. The van der Waals surface area contributed by atoms with E-state index in [4.69, 9.17) is 4.74 Å². The van der Waals surface area contributed by atoms with E-state index in [2.05, 4.69) is 21.2 Å². The van der Waals surface area contributed by atoms with Gasteiger partial charge in [-0.25, -0.2) is 0 Å². The van der Waals surface area contributed by atoms with Crippen molar-refractivity contribution in [1.82, 2.24) is 10.2 Å². The zero-order valence-electron chi connectivity index (χ0n) is 19.0. The van der Waals surface area contributed by atoms with Crippen molar-refractivity contribution in [2.75, 3.05) is 6.61 Å². The summed E-state index contributed by atoms with van der Waals surface area (Å²) in [5.41, 5.74) is 2.16. The van der Waals surface area contributed by atoms with Gasteiger partial charge in [0.15, 0.2) is 6.61 Å². The number of aryl methyl sites for hydroxylation is 1. The van der Waals surface area contributed by atoms with Crippen LogP contribution < -0.4 is 10.1 Å². The summed E-state index contributed by atoms with van der Waals surface area (Å²) in [7, 11) is 0. The highest BCUT2D eigenvalue weighted by atomic mass is 79.9. The van der Waals surface area contributed by atoms with Gasteiger partial charge in [0.05, 0.1) is 0 Å². The molecule has 0 spiro atoms. The van der Waals surface area contributed by atoms with E-state index in [0.29, 0.717) is 18.7 Å². The van der Waals surface area contributed by atoms with E-state index < -0.39 is 6.04 Å². The van der Waals surface area contributed by atoms with Crippen molar-refractivity contribution in [3.63, 3.8) is 0 Å². The fraction of sp³-hybridized carbons (Fsp3) is 0.462. The van der Waals surface area contributed by atoms with Crippen LogP contribution >= 0.6 is 15.9 Å². The van der Waals surface area contributed by atoms with Gasteiger partial charge in [0.2, 0.25) is 5.91 Å². The Bertz CT molecular complexity index is 877. The van der Waals surface area contributed by atoms with Crippen molar-refractivity contribution in [2.24, 2.45) is 0 Å². The molecule has 0 radical (unpaired) electrons. The van der Waals surface area contributed by atoms with Crippen molar-refractivity contribution in [3.8, 4) is 5.75 Å². The molecule has 1 aliphatic rings. The van der Waals surface area contributed by atoms with Crippen LogP contribution in [-0.4, -0.2) is 35.4 Å². The molecule has 3 rings (SSSR count). The number of ether oxygens (including phenoxy) is 1. The monoisotopic (exact) mass is 500 g/mol. The molecule has 2 aromatic rings. The highest BCUT2D eigenvalue weighted by molar-refractivity contribution is 9.10. The zero-order valence-corrected chi connectivity index (χ0v) is 20.6. The second kappa shape index (κ2) is 12.0. The van der Waals surface area contributed by atoms with Crippen LogP contribution in [0.4, 0.5) is 0 Å². The molecule has 0 unspecified atom stereocenters. The topological polar surface area (TPSA) is 58.6 Å². The Hall–Kier alpha value is -2.34. The number of nitrogens with one attached hydrogen (secondary N) is 1. The third-order valence-electron chi connectivity index (χ3n) is 5.99. The lowest BCUT2D eigenvalue weighted by molar-refractivity contribution is -0.143. The van der Waals surface area contributed by atoms with Crippen LogP contribution in [0, 0.1) is 6.92 Å². The maximum absolute atomic E-state index is 13.3. The molecular formula is C26H33BrN2O3. The number of halogens is 1. The van der Waals surface area contributed by atoms with Gasteiger partial charge in [0, 0.05) is 17.1 Å². The standard InChI is InChI=1S/C26H33BrN2O3/c1-3-24(26(31)28-22-7-5-4-6-8-22)29(17-20-11-9-19(2)10-12-20)25(30)18-32-23-15-13-21(27)14-16-23/h9-16,22,24H,3-8,17-18H2,1-2H3,(H,28,31)/t24-/m1/s1. The molecule has 1 saturated carbocycles. The van der Waals surface area contributed by atoms with E-state index in [1.807, 2.05) is 62.4 Å². The molecule has 2 aromatic carbocycles. The quantitative estimate of drug-likeness (QED) is 0.501. The second-order valence-electron chi connectivity index (χ2n) is 8.52. The third-order valence-corrected chi connectivity index (χ3v) is 6.52. The minimum Gasteiger partial charge on any atom is -0.484 e. The molecule has 2 amide bonds. The molecule has 0 heterocycles. The van der Waals surface area contributed by atoms with Gasteiger partial charge in [0.25, 0.3) is 5.91 Å². The maximum Gasteiger partial charge on any atom is 0.261 e. The molecule has 1 N–H and O–H groups in total. The van der Waals surface area contributed by atoms with Crippen LogP contribution in [0.3, 0.4) is 0 Å². The van der Waals surface area contributed by atoms with Gasteiger partial charge in [0.1, 0.15) is 11.8 Å². The van der Waals surface area contributed by atoms with Crippen LogP contribution in [0.25, 0.3) is 0 Å². The minimum absolute atomic E-state index is 0.0662. The average Bonchev–Trinajstić information content (AvgIpc) is 2.80. The molecule has 0 aromatic heterocycles. The first-order valence-corrected chi connectivity index (χ1v) is 12.3. The lowest BCUT2D eigenvalue weighted by atomic mass is 9.95. The van der Waals surface area contributed by atoms with E-state index in [-0.39, 0.29) is 24.5 Å². The summed E-state index contributed by atoms with van der Waals surface area (Å²) in [6.45, 7) is 4.25. The summed E-state index contributed by atoms with van der Waals surface area (Å²) in [4.78, 5) is 28.1. The molecule has 0 aliphatic heterocycles. The molecule has 172 valence electrons. The number of benzene rings is 2. The number of hydrogen-bond donors (Lipinski definition) is 1. The first-order valence-electron chi connectivity index (χ1n) is 11.5. The van der Waals surface area contributed by atoms with Gasteiger partial charge in [-0.15, -0.1) is 0 Å². The van der Waals surface area contributed by atoms with Crippen molar-refractivity contribution >= 4 is 27.7 Å². The number of rotatable bonds is 9. The Morgan fingerprint density at radius 3 is 2.34 bits per heavy atom. The summed E-state index contributed by atoms with van der Waals surface area (Å²) in [6, 6.07) is 15.1. The van der Waals surface area contributed by atoms with Gasteiger partial charge < -0.3 is 15.0 Å². The number of nitrogens with zero attached hydrogens (tertiary/aromatic N) is 1. The Morgan fingerprint density at radius 1 is 1.06 bits per heavy atom. The number of amides is 2. The van der Waals surface area contributed by atoms with Crippen molar-refractivity contribution < 1.29 is 14.3 Å². The predicted molar refractivity (Wildman–Crippen MR) is 130 cm³/mol. The molecule has 1 atom stereocenters. The van der Waals surface area contributed by atoms with E-state index in [1.54, 1.807) is 4.90 Å². The van der Waals surface area contributed by atoms with Crippen molar-refractivity contribution in [2.45, 2.75) is 71.0 Å². The second-order valence-corrected chi connectivity index (χ2v) is 9.43. The van der Waals surface area contributed by atoms with Crippen LogP contribution in [0.15, 0.2) is 53.0 Å². The fourth-order valence-corrected chi connectivity index (χ4v) is 4.38. The molecule has 0 bridgehead atoms. The van der Waals surface area contributed by atoms with Crippen LogP contribution in [0.2, 0.25) is 0 Å². The smallest absolute Gasteiger partial charge is 0.261 e. The van der Waals surface area contributed by atoms with Crippen LogP contribution in [0.1, 0.15) is 56.6 Å². The largest absolute Gasteiger partial charge is 0.484 e. The number of hydrogen-bond acceptors (Lipinski definition) is 3. The summed E-state index contributed by atoms with van der Waals surface area (Å²) in [5.74, 6) is 0.360. The zero-order chi connectivity index (χ0) is 22.9. The average molecular weight is 501 g/mol. The Balaban J connectivity index is 1.73. The normalized spacial score (nSPS) is 15.1. The molecule has 32 heavy (non-hydrogen) atoms. The molecular weight excluding hydrogens is 468 g/mol. The number of carbonyl (C=O) groups excluding carboxylic acids is 2. The number of carbonyl (C=O) groups is 2. The first-order chi connectivity index (χ1) is 15.5. The van der Waals surface area contributed by atoms with E-state index in [0.717, 1.165) is 41.3 Å². The molecule has 1 aliphatic carbocycles. The van der Waals surface area contributed by atoms with E-state index >= 15 is 0 Å². The Kier molecular flexibility index (Phi) is 9.15. The lowest BCUT2D eigenvalue weighted by Gasteiger charge is -2.32. The summed E-state index contributed by atoms with van der Waals surface area (Å²) in [5, 5.41) is 3.20. The van der Waals surface area contributed by atoms with Gasteiger partial charge in [-0.2, -0.15) is 0 Å². The van der Waals surface area contributed by atoms with Gasteiger partial charge in [-0.1, -0.05) is 71.9 Å². The van der Waals surface area contributed by atoms with Gasteiger partial charge >= 0.3 is 0 Å². The van der Waals surface area contributed by atoms with E-state index in [9.17, 15) is 9.59 Å². The first kappa shape index (κ1) is 24.3. The predicted octanol–water partition coefficient (Wildman–Crippen LogP) is 5.39. The molecule has 6 heteroatoms. The van der Waals surface area contributed by atoms with E-state index in [1.165, 1.54) is 6.42 Å².